The molecule has 4 rings (SSSR count). The number of furan rings is 1. The molecule has 5 nitrogen and oxygen atoms in total. The number of aryl methyl sites for hydroxylation is 4. The second kappa shape index (κ2) is 7.37. The van der Waals surface area contributed by atoms with Gasteiger partial charge in [-0.1, -0.05) is 17.7 Å². The smallest absolute Gasteiger partial charge is 0.293 e. The second-order valence-electron chi connectivity index (χ2n) is 7.18. The Labute approximate surface area is 173 Å². The number of fused-ring (bicyclic) bond motifs is 1. The molecule has 2 heterocycles. The highest BCUT2D eigenvalue weighted by Crippen LogP contribution is 2.32. The number of anilines is 1. The van der Waals surface area contributed by atoms with E-state index in [1.165, 1.54) is 28.0 Å². The minimum absolute atomic E-state index is 0.285. The molecule has 1 amide bonds. The van der Waals surface area contributed by atoms with Gasteiger partial charge in [0.2, 0.25) is 0 Å². The molecule has 0 aliphatic carbocycles. The van der Waals surface area contributed by atoms with Gasteiger partial charge in [-0.15, -0.1) is 11.3 Å². The van der Waals surface area contributed by atoms with Crippen LogP contribution in [-0.2, 0) is 0 Å². The molecule has 1 N–H and O–H groups in total. The molecule has 0 bridgehead atoms. The van der Waals surface area contributed by atoms with Gasteiger partial charge in [-0.3, -0.25) is 10.1 Å². The molecule has 0 aliphatic rings. The average Bonchev–Trinajstić information content (AvgIpc) is 3.25. The Balaban J connectivity index is 1.62. The Morgan fingerprint density at radius 1 is 1.10 bits per heavy atom. The third-order valence-corrected chi connectivity index (χ3v) is 5.77. The summed E-state index contributed by atoms with van der Waals surface area (Å²) < 4.78 is 11.0. The Bertz CT molecular complexity index is 1210. The lowest BCUT2D eigenvalue weighted by Gasteiger charge is -2.08. The number of thiazole rings is 1. The van der Waals surface area contributed by atoms with E-state index in [0.29, 0.717) is 10.7 Å². The maximum absolute atomic E-state index is 12.8. The number of aromatic nitrogens is 1. The number of hydrogen-bond acceptors (Lipinski definition) is 5. The zero-order valence-corrected chi connectivity index (χ0v) is 17.9. The molecular weight excluding hydrogens is 384 g/mol. The molecule has 0 atom stereocenters. The lowest BCUT2D eigenvalue weighted by molar-refractivity contribution is 0.0998. The molecule has 0 radical (unpaired) electrons. The molecule has 0 spiro atoms. The fraction of sp³-hybridized carbons (Fsp3) is 0.217. The van der Waals surface area contributed by atoms with E-state index in [-0.39, 0.29) is 11.7 Å². The summed E-state index contributed by atoms with van der Waals surface area (Å²) in [6, 6.07) is 9.78. The van der Waals surface area contributed by atoms with E-state index in [2.05, 4.69) is 43.2 Å². The highest BCUT2D eigenvalue weighted by molar-refractivity contribution is 7.14. The molecule has 29 heavy (non-hydrogen) atoms. The van der Waals surface area contributed by atoms with Crippen molar-refractivity contribution in [3.05, 3.63) is 63.7 Å². The van der Waals surface area contributed by atoms with Crippen molar-refractivity contribution >= 4 is 33.3 Å². The van der Waals surface area contributed by atoms with Crippen molar-refractivity contribution < 1.29 is 13.9 Å². The van der Waals surface area contributed by atoms with Crippen molar-refractivity contribution in [1.82, 2.24) is 4.98 Å². The Hall–Kier alpha value is -3.12. The summed E-state index contributed by atoms with van der Waals surface area (Å²) in [7, 11) is 1.61. The minimum atomic E-state index is -0.309. The van der Waals surface area contributed by atoms with Gasteiger partial charge in [0.25, 0.3) is 5.91 Å². The van der Waals surface area contributed by atoms with Gasteiger partial charge in [0, 0.05) is 21.9 Å². The third kappa shape index (κ3) is 3.51. The molecule has 0 fully saturated rings. The summed E-state index contributed by atoms with van der Waals surface area (Å²) in [4.78, 5) is 17.4. The SMILES string of the molecule is COc1ccc2oc(C(=O)Nc3nc(-c4c(C)cc(C)cc4C)cs3)c(C)c2c1. The maximum atomic E-state index is 12.8. The van der Waals surface area contributed by atoms with Gasteiger partial charge in [-0.05, 0) is 57.0 Å². The van der Waals surface area contributed by atoms with Gasteiger partial charge in [-0.2, -0.15) is 0 Å². The van der Waals surface area contributed by atoms with Crippen LogP contribution in [0.4, 0.5) is 5.13 Å². The van der Waals surface area contributed by atoms with Gasteiger partial charge in [0.15, 0.2) is 10.9 Å². The van der Waals surface area contributed by atoms with Crippen molar-refractivity contribution in [3.63, 3.8) is 0 Å². The van der Waals surface area contributed by atoms with Gasteiger partial charge in [-0.25, -0.2) is 4.98 Å². The number of benzene rings is 2. The van der Waals surface area contributed by atoms with Crippen molar-refractivity contribution in [2.45, 2.75) is 27.7 Å². The summed E-state index contributed by atoms with van der Waals surface area (Å²) >= 11 is 1.40. The first-order valence-corrected chi connectivity index (χ1v) is 10.2. The van der Waals surface area contributed by atoms with Crippen molar-refractivity contribution in [2.24, 2.45) is 0 Å². The maximum Gasteiger partial charge on any atom is 0.293 e. The number of carbonyl (C=O) groups excluding carboxylic acids is 1. The molecule has 0 aliphatic heterocycles. The van der Waals surface area contributed by atoms with Gasteiger partial charge < -0.3 is 9.15 Å². The molecule has 2 aromatic carbocycles. The molecule has 0 unspecified atom stereocenters. The van der Waals surface area contributed by atoms with Crippen LogP contribution in [0.2, 0.25) is 0 Å². The van der Waals surface area contributed by atoms with Crippen LogP contribution >= 0.6 is 11.3 Å². The van der Waals surface area contributed by atoms with E-state index in [1.807, 2.05) is 30.5 Å². The van der Waals surface area contributed by atoms with Crippen LogP contribution in [0.25, 0.3) is 22.2 Å². The normalized spacial score (nSPS) is 11.1. The number of ether oxygens (including phenoxy) is 1. The first kappa shape index (κ1) is 19.2. The number of methoxy groups -OCH3 is 1. The van der Waals surface area contributed by atoms with Gasteiger partial charge >= 0.3 is 0 Å². The largest absolute Gasteiger partial charge is 0.497 e. The molecule has 4 aromatic rings. The number of carbonyl (C=O) groups is 1. The number of nitrogens with zero attached hydrogens (tertiary/aromatic N) is 1. The summed E-state index contributed by atoms with van der Waals surface area (Å²) in [5.41, 5.74) is 6.98. The van der Waals surface area contributed by atoms with Crippen LogP contribution in [0.3, 0.4) is 0 Å². The van der Waals surface area contributed by atoms with Crippen LogP contribution < -0.4 is 10.1 Å². The second-order valence-corrected chi connectivity index (χ2v) is 8.04. The Morgan fingerprint density at radius 2 is 1.83 bits per heavy atom. The van der Waals surface area contributed by atoms with Crippen LogP contribution in [-0.4, -0.2) is 18.0 Å². The number of rotatable bonds is 4. The van der Waals surface area contributed by atoms with E-state index in [1.54, 1.807) is 7.11 Å². The van der Waals surface area contributed by atoms with Crippen molar-refractivity contribution in [2.75, 3.05) is 12.4 Å². The number of hydrogen-bond donors (Lipinski definition) is 1. The monoisotopic (exact) mass is 406 g/mol. The van der Waals surface area contributed by atoms with Gasteiger partial charge in [0.05, 0.1) is 12.8 Å². The van der Waals surface area contributed by atoms with E-state index in [9.17, 15) is 4.79 Å². The topological polar surface area (TPSA) is 64.4 Å². The van der Waals surface area contributed by atoms with E-state index >= 15 is 0 Å². The fourth-order valence-electron chi connectivity index (χ4n) is 3.73. The summed E-state index contributed by atoms with van der Waals surface area (Å²) in [5.74, 6) is 0.699. The van der Waals surface area contributed by atoms with E-state index in [4.69, 9.17) is 9.15 Å². The predicted octanol–water partition coefficient (Wildman–Crippen LogP) is 6.05. The average molecular weight is 407 g/mol. The molecule has 148 valence electrons. The predicted molar refractivity (Wildman–Crippen MR) is 117 cm³/mol. The van der Waals surface area contributed by atoms with Crippen LogP contribution in [0.15, 0.2) is 40.1 Å². The quantitative estimate of drug-likeness (QED) is 0.448. The highest BCUT2D eigenvalue weighted by atomic mass is 32.1. The number of nitrogens with one attached hydrogen (secondary N) is 1. The minimum Gasteiger partial charge on any atom is -0.497 e. The number of amides is 1. The lowest BCUT2D eigenvalue weighted by Crippen LogP contribution is -2.11. The van der Waals surface area contributed by atoms with Crippen LogP contribution in [0.1, 0.15) is 32.8 Å². The fourth-order valence-corrected chi connectivity index (χ4v) is 4.42. The van der Waals surface area contributed by atoms with Crippen molar-refractivity contribution in [3.8, 4) is 17.0 Å². The van der Waals surface area contributed by atoms with Crippen molar-refractivity contribution in [1.29, 1.82) is 0 Å². The third-order valence-electron chi connectivity index (χ3n) is 5.01. The summed E-state index contributed by atoms with van der Waals surface area (Å²) in [6.45, 7) is 8.12. The Kier molecular flexibility index (Phi) is 4.88. The molecule has 0 saturated heterocycles. The standard InChI is InChI=1S/C23H22N2O3S/c1-12-8-13(2)20(14(3)9-12)18-11-29-23(24-18)25-22(26)21-15(4)17-10-16(27-5)6-7-19(17)28-21/h6-11H,1-5H3,(H,24,25,26). The zero-order valence-electron chi connectivity index (χ0n) is 17.0. The van der Waals surface area contributed by atoms with E-state index in [0.717, 1.165) is 28.0 Å². The summed E-state index contributed by atoms with van der Waals surface area (Å²) in [5, 5.41) is 6.25. The molecule has 0 saturated carbocycles. The summed E-state index contributed by atoms with van der Waals surface area (Å²) in [6.07, 6.45) is 0. The first-order chi connectivity index (χ1) is 13.9. The molecule has 6 heteroatoms. The molecule has 2 aromatic heterocycles. The lowest BCUT2D eigenvalue weighted by atomic mass is 9.98. The zero-order chi connectivity index (χ0) is 20.7. The van der Waals surface area contributed by atoms with E-state index < -0.39 is 0 Å². The van der Waals surface area contributed by atoms with Crippen LogP contribution in [0, 0.1) is 27.7 Å². The van der Waals surface area contributed by atoms with Crippen LogP contribution in [0.5, 0.6) is 5.75 Å². The Morgan fingerprint density at radius 3 is 2.52 bits per heavy atom. The highest BCUT2D eigenvalue weighted by Gasteiger charge is 2.20. The molecular formula is C23H22N2O3S. The van der Waals surface area contributed by atoms with Gasteiger partial charge in [0.1, 0.15) is 11.3 Å². The first-order valence-electron chi connectivity index (χ1n) is 9.29.